The molecule has 1 aromatic rings. The lowest BCUT2D eigenvalue weighted by Crippen LogP contribution is -2.44. The van der Waals surface area contributed by atoms with Gasteiger partial charge < -0.3 is 16.0 Å². The summed E-state index contributed by atoms with van der Waals surface area (Å²) in [6.45, 7) is 4.57. The van der Waals surface area contributed by atoms with Crippen LogP contribution in [-0.4, -0.2) is 50.9 Å². The van der Waals surface area contributed by atoms with Gasteiger partial charge in [-0.15, -0.1) is 0 Å². The second kappa shape index (κ2) is 8.84. The van der Waals surface area contributed by atoms with Crippen molar-refractivity contribution < 1.29 is 13.2 Å². The molecule has 1 fully saturated rings. The van der Waals surface area contributed by atoms with Gasteiger partial charge >= 0.3 is 0 Å². The monoisotopic (exact) mass is 366 g/mol. The van der Waals surface area contributed by atoms with E-state index in [0.29, 0.717) is 18.9 Å². The van der Waals surface area contributed by atoms with E-state index in [1.54, 1.807) is 0 Å². The number of carbonyl (C=O) groups is 1. The first-order valence-electron chi connectivity index (χ1n) is 8.56. The highest BCUT2D eigenvalue weighted by Gasteiger charge is 2.28. The summed E-state index contributed by atoms with van der Waals surface area (Å²) in [6.07, 6.45) is 1.46. The number of aryl methyl sites for hydroxylation is 1. The van der Waals surface area contributed by atoms with Crippen LogP contribution in [-0.2, 0) is 21.1 Å². The number of guanidine groups is 1. The zero-order chi connectivity index (χ0) is 18.3. The zero-order valence-electron chi connectivity index (χ0n) is 14.7. The minimum Gasteiger partial charge on any atom is -0.357 e. The lowest BCUT2D eigenvalue weighted by molar-refractivity contribution is -0.114. The predicted molar refractivity (Wildman–Crippen MR) is 101 cm³/mol. The molecule has 1 saturated heterocycles. The van der Waals surface area contributed by atoms with Gasteiger partial charge in [-0.25, -0.2) is 13.4 Å². The summed E-state index contributed by atoms with van der Waals surface area (Å²) < 4.78 is 23.1. The topological polar surface area (TPSA) is 99.7 Å². The van der Waals surface area contributed by atoms with Crippen LogP contribution < -0.4 is 16.0 Å². The first kappa shape index (κ1) is 19.2. The zero-order valence-corrected chi connectivity index (χ0v) is 15.5. The van der Waals surface area contributed by atoms with E-state index in [0.717, 1.165) is 17.7 Å². The van der Waals surface area contributed by atoms with E-state index >= 15 is 0 Å². The van der Waals surface area contributed by atoms with Gasteiger partial charge in [0.05, 0.1) is 11.5 Å². The Labute approximate surface area is 149 Å². The number of aliphatic imine (C=N–C) groups is 1. The first-order chi connectivity index (χ1) is 11.9. The number of nitrogens with zero attached hydrogens (tertiary/aromatic N) is 1. The number of sulfone groups is 1. The molecule has 0 saturated carbocycles. The highest BCUT2D eigenvalue weighted by atomic mass is 32.2. The number of nitrogens with one attached hydrogen (secondary N) is 3. The predicted octanol–water partition coefficient (Wildman–Crippen LogP) is 0.930. The number of amides is 1. The molecule has 138 valence electrons. The van der Waals surface area contributed by atoms with Gasteiger partial charge in [-0.3, -0.25) is 4.79 Å². The average molecular weight is 366 g/mol. The van der Waals surface area contributed by atoms with Crippen LogP contribution in [0.4, 0.5) is 5.69 Å². The van der Waals surface area contributed by atoms with Gasteiger partial charge in [0.25, 0.3) is 0 Å². The lowest BCUT2D eigenvalue weighted by atomic mass is 10.1. The molecule has 3 N–H and O–H groups in total. The molecule has 0 aromatic heterocycles. The molecule has 0 radical (unpaired) electrons. The minimum atomic E-state index is -2.96. The maximum Gasteiger partial charge on any atom is 0.246 e. The fraction of sp³-hybridized carbons (Fsp3) is 0.529. The minimum absolute atomic E-state index is 0.0366. The number of carbonyl (C=O) groups excluding carboxylic acids is 1. The van der Waals surface area contributed by atoms with E-state index in [4.69, 9.17) is 0 Å². The van der Waals surface area contributed by atoms with E-state index < -0.39 is 9.84 Å². The van der Waals surface area contributed by atoms with Gasteiger partial charge in [0.1, 0.15) is 6.54 Å². The van der Waals surface area contributed by atoms with Gasteiger partial charge in [-0.05, 0) is 37.5 Å². The van der Waals surface area contributed by atoms with Gasteiger partial charge in [-0.1, -0.05) is 19.1 Å². The number of rotatable bonds is 6. The molecular formula is C17H26N4O3S. The van der Waals surface area contributed by atoms with Crippen molar-refractivity contribution in [3.05, 3.63) is 29.8 Å². The third-order valence-corrected chi connectivity index (χ3v) is 5.69. The maximum absolute atomic E-state index is 12.1. The number of hydrogen-bond donors (Lipinski definition) is 3. The Morgan fingerprint density at radius 3 is 2.76 bits per heavy atom. The Morgan fingerprint density at radius 1 is 1.32 bits per heavy atom. The van der Waals surface area contributed by atoms with E-state index in [1.807, 2.05) is 31.2 Å². The number of anilines is 1. The van der Waals surface area contributed by atoms with Crippen molar-refractivity contribution in [2.75, 3.05) is 29.9 Å². The summed E-state index contributed by atoms with van der Waals surface area (Å²) in [5.41, 5.74) is 1.90. The summed E-state index contributed by atoms with van der Waals surface area (Å²) in [5, 5.41) is 8.95. The van der Waals surface area contributed by atoms with E-state index in [9.17, 15) is 13.2 Å². The van der Waals surface area contributed by atoms with Gasteiger partial charge in [0.15, 0.2) is 15.8 Å². The molecule has 1 atom stereocenters. The molecule has 0 spiro atoms. The van der Waals surface area contributed by atoms with Gasteiger partial charge in [0.2, 0.25) is 5.91 Å². The average Bonchev–Trinajstić information content (AvgIpc) is 2.91. The largest absolute Gasteiger partial charge is 0.357 e. The maximum atomic E-state index is 12.1. The molecule has 1 unspecified atom stereocenters. The van der Waals surface area contributed by atoms with Crippen LogP contribution in [0, 0.1) is 0 Å². The van der Waals surface area contributed by atoms with E-state index in [2.05, 4.69) is 27.9 Å². The first-order valence-corrected chi connectivity index (χ1v) is 10.4. The Morgan fingerprint density at radius 2 is 2.12 bits per heavy atom. The molecule has 25 heavy (non-hydrogen) atoms. The van der Waals surface area contributed by atoms with Crippen LogP contribution in [0.25, 0.3) is 0 Å². The molecule has 1 aromatic carbocycles. The second-order valence-electron chi connectivity index (χ2n) is 6.04. The standard InChI is InChI=1S/C17H26N4O3S/c1-3-13-6-5-7-14(10-13)20-16(22)11-19-17(18-4-2)21-15-8-9-25(23,24)12-15/h5-7,10,15H,3-4,8-9,11-12H2,1-2H3,(H,20,22)(H2,18,19,21). The molecule has 7 nitrogen and oxygen atoms in total. The van der Waals surface area contributed by atoms with Crippen LogP contribution in [0.1, 0.15) is 25.8 Å². The Balaban J connectivity index is 1.92. The van der Waals surface area contributed by atoms with Crippen molar-refractivity contribution in [3.8, 4) is 0 Å². The van der Waals surface area contributed by atoms with Crippen molar-refractivity contribution in [1.29, 1.82) is 0 Å². The second-order valence-corrected chi connectivity index (χ2v) is 8.27. The van der Waals surface area contributed by atoms with E-state index in [-0.39, 0.29) is 30.0 Å². The van der Waals surface area contributed by atoms with Crippen LogP contribution in [0.15, 0.2) is 29.3 Å². The molecule has 2 rings (SSSR count). The van der Waals surface area contributed by atoms with E-state index in [1.165, 1.54) is 0 Å². The quantitative estimate of drug-likeness (QED) is 0.514. The molecule has 0 bridgehead atoms. The Hall–Kier alpha value is -2.09. The van der Waals surface area contributed by atoms with Crippen molar-refractivity contribution in [2.24, 2.45) is 4.99 Å². The number of hydrogen-bond acceptors (Lipinski definition) is 4. The van der Waals surface area contributed by atoms with Crippen molar-refractivity contribution in [3.63, 3.8) is 0 Å². The normalized spacial score (nSPS) is 19.4. The van der Waals surface area contributed by atoms with Crippen LogP contribution in [0.3, 0.4) is 0 Å². The molecular weight excluding hydrogens is 340 g/mol. The lowest BCUT2D eigenvalue weighted by Gasteiger charge is -2.15. The Bertz CT molecular complexity index is 731. The third kappa shape index (κ3) is 6.38. The SMILES string of the molecule is CCNC(=NCC(=O)Nc1cccc(CC)c1)NC1CCS(=O)(=O)C1. The summed E-state index contributed by atoms with van der Waals surface area (Å²) in [4.78, 5) is 16.3. The summed E-state index contributed by atoms with van der Waals surface area (Å²) in [6, 6.07) is 7.54. The van der Waals surface area contributed by atoms with Crippen molar-refractivity contribution >= 4 is 27.4 Å². The fourth-order valence-corrected chi connectivity index (χ4v) is 4.32. The molecule has 1 heterocycles. The molecule has 0 aliphatic carbocycles. The molecule has 1 aliphatic heterocycles. The summed E-state index contributed by atoms with van der Waals surface area (Å²) in [7, 11) is -2.96. The highest BCUT2D eigenvalue weighted by molar-refractivity contribution is 7.91. The van der Waals surface area contributed by atoms with Crippen molar-refractivity contribution in [1.82, 2.24) is 10.6 Å². The Kier molecular flexibility index (Phi) is 6.81. The van der Waals surface area contributed by atoms with Crippen molar-refractivity contribution in [2.45, 2.75) is 32.7 Å². The molecule has 1 aliphatic rings. The summed E-state index contributed by atoms with van der Waals surface area (Å²) >= 11 is 0. The number of benzene rings is 1. The third-order valence-electron chi connectivity index (χ3n) is 3.92. The van der Waals surface area contributed by atoms with Gasteiger partial charge in [-0.2, -0.15) is 0 Å². The summed E-state index contributed by atoms with van der Waals surface area (Å²) in [5.74, 6) is 0.540. The van der Waals surface area contributed by atoms with Crippen LogP contribution in [0.2, 0.25) is 0 Å². The smallest absolute Gasteiger partial charge is 0.246 e. The van der Waals surface area contributed by atoms with Crippen LogP contribution >= 0.6 is 0 Å². The van der Waals surface area contributed by atoms with Gasteiger partial charge in [0, 0.05) is 18.3 Å². The highest BCUT2D eigenvalue weighted by Crippen LogP contribution is 2.12. The van der Waals surface area contributed by atoms with Crippen LogP contribution in [0.5, 0.6) is 0 Å². The molecule has 1 amide bonds. The molecule has 8 heteroatoms. The fourth-order valence-electron chi connectivity index (χ4n) is 2.64.